The minimum absolute atomic E-state index is 0.468. The van der Waals surface area contributed by atoms with E-state index in [1.807, 2.05) is 97.1 Å². The zero-order chi connectivity index (χ0) is 54.7. The van der Waals surface area contributed by atoms with Crippen LogP contribution in [-0.2, 0) is 0 Å². The zero-order valence-electron chi connectivity index (χ0n) is 43.6. The van der Waals surface area contributed by atoms with Crippen molar-refractivity contribution in [2.45, 2.75) is 0 Å². The third kappa shape index (κ3) is 9.57. The smallest absolute Gasteiger partial charge is 0.160 e. The van der Waals surface area contributed by atoms with Crippen molar-refractivity contribution in [3.63, 3.8) is 0 Å². The standard InChI is InChI=1S/C73H46N8/c74-47-50-15-13-17-56(41-50)70-46-69(77-73(78-70)57-18-14-16-51(42-57)48-75)54-29-27-52(28-30-54)55-33-38-66(58(43-55)49-76)53-31-34-63(35-32-53)81-71-39-36-64(79(59-19-5-1-6-20-59)60-21-7-2-8-22-60)44-67(71)68-45-65(37-40-72(68)81)80(61-23-9-3-10-24-61)62-25-11-4-12-26-62/h1-46H. The highest BCUT2D eigenvalue weighted by Gasteiger charge is 2.21. The SMILES string of the molecule is N#Cc1cccc(-c2cc(-c3ccc(-c4ccc(-c5ccc(-n6c7ccc(N(c8ccccc8)c8ccccc8)cc7c7cc(N(c8ccccc8)c8ccccc8)ccc76)cc5)c(C#N)c4)cc3)nc(-c3cccc(C#N)c3)n2)c1. The number of fused-ring (bicyclic) bond motifs is 3. The number of anilines is 6. The second kappa shape index (κ2) is 21.4. The molecule has 0 atom stereocenters. The molecule has 81 heavy (non-hydrogen) atoms. The first-order valence-electron chi connectivity index (χ1n) is 26.5. The molecule has 0 N–H and O–H groups in total. The summed E-state index contributed by atoms with van der Waals surface area (Å²) >= 11 is 0. The highest BCUT2D eigenvalue weighted by molar-refractivity contribution is 6.12. The van der Waals surface area contributed by atoms with Gasteiger partial charge in [0.1, 0.15) is 0 Å². The largest absolute Gasteiger partial charge is 0.310 e. The van der Waals surface area contributed by atoms with Crippen molar-refractivity contribution in [3.05, 3.63) is 296 Å². The van der Waals surface area contributed by atoms with Gasteiger partial charge in [0.2, 0.25) is 0 Å². The maximum absolute atomic E-state index is 10.7. The second-order valence-corrected chi connectivity index (χ2v) is 19.6. The minimum atomic E-state index is 0.468. The number of aromatic nitrogens is 3. The van der Waals surface area contributed by atoms with Gasteiger partial charge in [-0.2, -0.15) is 15.8 Å². The topological polar surface area (TPSA) is 109 Å². The molecule has 0 bridgehead atoms. The molecule has 13 rings (SSSR count). The van der Waals surface area contributed by atoms with Crippen molar-refractivity contribution in [3.8, 4) is 80.1 Å². The lowest BCUT2D eigenvalue weighted by molar-refractivity contribution is 1.18. The quantitative estimate of drug-likeness (QED) is 0.120. The molecule has 2 aromatic heterocycles. The van der Waals surface area contributed by atoms with Crippen LogP contribution in [0.3, 0.4) is 0 Å². The highest BCUT2D eigenvalue weighted by atomic mass is 15.1. The van der Waals surface area contributed by atoms with Gasteiger partial charge in [0.05, 0.1) is 57.3 Å². The van der Waals surface area contributed by atoms with E-state index < -0.39 is 0 Å². The molecule has 13 aromatic rings. The van der Waals surface area contributed by atoms with Crippen molar-refractivity contribution in [1.29, 1.82) is 15.8 Å². The van der Waals surface area contributed by atoms with E-state index in [1.54, 1.807) is 18.2 Å². The number of rotatable bonds is 12. The van der Waals surface area contributed by atoms with Crippen LogP contribution in [0, 0.1) is 34.0 Å². The zero-order valence-corrected chi connectivity index (χ0v) is 43.6. The molecule has 11 aromatic carbocycles. The Balaban J connectivity index is 0.861. The maximum Gasteiger partial charge on any atom is 0.160 e. The van der Waals surface area contributed by atoms with Crippen LogP contribution in [0.25, 0.3) is 83.6 Å². The van der Waals surface area contributed by atoms with E-state index in [0.717, 1.165) is 95.0 Å². The summed E-state index contributed by atoms with van der Waals surface area (Å²) in [4.78, 5) is 14.5. The number of para-hydroxylation sites is 4. The van der Waals surface area contributed by atoms with Crippen molar-refractivity contribution in [2.75, 3.05) is 9.80 Å². The molecule has 0 aliphatic rings. The van der Waals surface area contributed by atoms with Crippen LogP contribution in [0.1, 0.15) is 16.7 Å². The van der Waals surface area contributed by atoms with Crippen LogP contribution in [0.5, 0.6) is 0 Å². The van der Waals surface area contributed by atoms with Gasteiger partial charge in [-0.25, -0.2) is 9.97 Å². The number of nitrogens with zero attached hydrogens (tertiary/aromatic N) is 8. The molecular formula is C73H46N8. The lowest BCUT2D eigenvalue weighted by Gasteiger charge is -2.26. The summed E-state index contributed by atoms with van der Waals surface area (Å²) in [6.07, 6.45) is 0. The number of benzene rings is 11. The van der Waals surface area contributed by atoms with Crippen molar-refractivity contribution in [2.24, 2.45) is 0 Å². The number of nitriles is 3. The second-order valence-electron chi connectivity index (χ2n) is 19.6. The molecule has 2 heterocycles. The van der Waals surface area contributed by atoms with E-state index in [4.69, 9.17) is 9.97 Å². The van der Waals surface area contributed by atoms with Gasteiger partial charge >= 0.3 is 0 Å². The van der Waals surface area contributed by atoms with Crippen LogP contribution in [0.15, 0.2) is 279 Å². The molecule has 0 spiro atoms. The van der Waals surface area contributed by atoms with Crippen molar-refractivity contribution >= 4 is 55.9 Å². The summed E-state index contributed by atoms with van der Waals surface area (Å²) in [5.41, 5.74) is 18.4. The van der Waals surface area contributed by atoms with Crippen LogP contribution >= 0.6 is 0 Å². The predicted molar refractivity (Wildman–Crippen MR) is 327 cm³/mol. The van der Waals surface area contributed by atoms with E-state index in [2.05, 4.69) is 196 Å². The van der Waals surface area contributed by atoms with Crippen molar-refractivity contribution in [1.82, 2.24) is 14.5 Å². The molecule has 0 aliphatic carbocycles. The molecule has 8 nitrogen and oxygen atoms in total. The van der Waals surface area contributed by atoms with Crippen LogP contribution in [0.2, 0.25) is 0 Å². The molecule has 0 radical (unpaired) electrons. The summed E-state index contributed by atoms with van der Waals surface area (Å²) in [5.74, 6) is 0.468. The average Bonchev–Trinajstić information content (AvgIpc) is 4.14. The van der Waals surface area contributed by atoms with Gasteiger partial charge in [-0.3, -0.25) is 0 Å². The number of hydrogen-bond donors (Lipinski definition) is 0. The molecule has 0 fully saturated rings. The predicted octanol–water partition coefficient (Wildman–Crippen LogP) is 18.5. The average molecular weight is 1040 g/mol. The Morgan fingerprint density at radius 1 is 0.309 bits per heavy atom. The first kappa shape index (κ1) is 49.0. The fraction of sp³-hybridized carbons (Fsp3) is 0. The monoisotopic (exact) mass is 1030 g/mol. The van der Waals surface area contributed by atoms with E-state index in [0.29, 0.717) is 39.5 Å². The van der Waals surface area contributed by atoms with Crippen molar-refractivity contribution < 1.29 is 0 Å². The van der Waals surface area contributed by atoms with Gasteiger partial charge in [0.25, 0.3) is 0 Å². The van der Waals surface area contributed by atoms with E-state index in [1.165, 1.54) is 0 Å². The fourth-order valence-electron chi connectivity index (χ4n) is 10.8. The normalized spacial score (nSPS) is 10.9. The molecule has 8 heteroatoms. The Morgan fingerprint density at radius 3 is 1.25 bits per heavy atom. The third-order valence-corrected chi connectivity index (χ3v) is 14.7. The highest BCUT2D eigenvalue weighted by Crippen LogP contribution is 2.43. The molecule has 0 amide bonds. The first-order chi connectivity index (χ1) is 40.0. The molecule has 0 saturated carbocycles. The van der Waals surface area contributed by atoms with Gasteiger partial charge < -0.3 is 14.4 Å². The Labute approximate surface area is 469 Å². The molecule has 378 valence electrons. The summed E-state index contributed by atoms with van der Waals surface area (Å²) in [5, 5.41) is 32.2. The maximum atomic E-state index is 10.7. The summed E-state index contributed by atoms with van der Waals surface area (Å²) in [7, 11) is 0. The molecule has 0 aliphatic heterocycles. The summed E-state index contributed by atoms with van der Waals surface area (Å²) in [6.45, 7) is 0. The van der Waals surface area contributed by atoms with Gasteiger partial charge in [-0.05, 0) is 156 Å². The fourth-order valence-corrected chi connectivity index (χ4v) is 10.8. The van der Waals surface area contributed by atoms with Crippen LogP contribution in [0.4, 0.5) is 34.1 Å². The Bertz CT molecular complexity index is 4300. The minimum Gasteiger partial charge on any atom is -0.310 e. The van der Waals surface area contributed by atoms with E-state index >= 15 is 0 Å². The molecule has 0 unspecified atom stereocenters. The van der Waals surface area contributed by atoms with E-state index in [9.17, 15) is 15.8 Å². The molecule has 0 saturated heterocycles. The van der Waals surface area contributed by atoms with Gasteiger partial charge in [0.15, 0.2) is 5.82 Å². The Morgan fingerprint density at radius 2 is 0.753 bits per heavy atom. The third-order valence-electron chi connectivity index (χ3n) is 14.7. The molecular weight excluding hydrogens is 989 g/mol. The Hall–Kier alpha value is -11.6. The first-order valence-corrected chi connectivity index (χ1v) is 26.5. The van der Waals surface area contributed by atoms with Gasteiger partial charge in [-0.15, -0.1) is 0 Å². The van der Waals surface area contributed by atoms with E-state index in [-0.39, 0.29) is 0 Å². The lowest BCUT2D eigenvalue weighted by atomic mass is 9.94. The Kier molecular flexibility index (Phi) is 12.9. The van der Waals surface area contributed by atoms with Gasteiger partial charge in [-0.1, -0.05) is 146 Å². The lowest BCUT2D eigenvalue weighted by Crippen LogP contribution is -2.09. The van der Waals surface area contributed by atoms with Gasteiger partial charge in [0, 0.05) is 67.3 Å². The van der Waals surface area contributed by atoms with Crippen LogP contribution in [-0.4, -0.2) is 14.5 Å². The summed E-state index contributed by atoms with van der Waals surface area (Å²) in [6, 6.07) is 102. The number of hydrogen-bond acceptors (Lipinski definition) is 7. The van der Waals surface area contributed by atoms with Crippen LogP contribution < -0.4 is 9.80 Å². The summed E-state index contributed by atoms with van der Waals surface area (Å²) < 4.78 is 2.34.